The van der Waals surface area contributed by atoms with Crippen LogP contribution in [0.1, 0.15) is 18.6 Å². The van der Waals surface area contributed by atoms with Crippen molar-refractivity contribution in [2.45, 2.75) is 19.2 Å². The van der Waals surface area contributed by atoms with Gasteiger partial charge in [-0.2, -0.15) is 4.98 Å². The highest BCUT2D eigenvalue weighted by atomic mass is 32.2. The molecule has 1 N–H and O–H groups in total. The van der Waals surface area contributed by atoms with Crippen molar-refractivity contribution in [3.05, 3.63) is 42.2 Å². The molecule has 0 aliphatic heterocycles. The van der Waals surface area contributed by atoms with E-state index < -0.39 is 9.84 Å². The van der Waals surface area contributed by atoms with Crippen LogP contribution in [0.15, 0.2) is 35.0 Å². The fourth-order valence-corrected chi connectivity index (χ4v) is 3.04. The molecule has 0 unspecified atom stereocenters. The van der Waals surface area contributed by atoms with Crippen LogP contribution in [0, 0.1) is 0 Å². The molecular weight excluding hydrogens is 332 g/mol. The van der Waals surface area contributed by atoms with E-state index >= 15 is 0 Å². The first-order valence-corrected chi connectivity index (χ1v) is 9.22. The number of sulfone groups is 1. The Labute approximate surface area is 138 Å². The molecule has 0 radical (unpaired) electrons. The average molecular weight is 348 g/mol. The first-order valence-electron chi connectivity index (χ1n) is 7.16. The maximum absolute atomic E-state index is 11.3. The van der Waals surface area contributed by atoms with Crippen LogP contribution in [-0.4, -0.2) is 35.3 Å². The maximum atomic E-state index is 11.3. The Balaban J connectivity index is 1.87. The SMILES string of the molecule is CC(=O)Nc1cccc2c1ccn2Cc1nc(CS(C)(=O)=O)no1. The van der Waals surface area contributed by atoms with Crippen LogP contribution in [0.2, 0.25) is 0 Å². The van der Waals surface area contributed by atoms with Crippen molar-refractivity contribution in [3.8, 4) is 0 Å². The van der Waals surface area contributed by atoms with Crippen molar-refractivity contribution in [2.75, 3.05) is 11.6 Å². The van der Waals surface area contributed by atoms with E-state index in [1.807, 2.05) is 35.0 Å². The second-order valence-electron chi connectivity index (χ2n) is 5.54. The molecule has 1 aromatic carbocycles. The smallest absolute Gasteiger partial charge is 0.246 e. The van der Waals surface area contributed by atoms with Gasteiger partial charge in [0.2, 0.25) is 11.8 Å². The molecule has 0 spiro atoms. The van der Waals surface area contributed by atoms with Gasteiger partial charge in [-0.1, -0.05) is 11.2 Å². The molecule has 126 valence electrons. The zero-order valence-corrected chi connectivity index (χ0v) is 14.0. The fourth-order valence-electron chi connectivity index (χ4n) is 2.45. The van der Waals surface area contributed by atoms with Gasteiger partial charge in [0.05, 0.1) is 11.2 Å². The largest absolute Gasteiger partial charge is 0.338 e. The van der Waals surface area contributed by atoms with E-state index in [-0.39, 0.29) is 17.5 Å². The number of rotatable bonds is 5. The summed E-state index contributed by atoms with van der Waals surface area (Å²) < 4.78 is 29.5. The Kier molecular flexibility index (Phi) is 4.10. The Morgan fingerprint density at radius 3 is 2.83 bits per heavy atom. The predicted molar refractivity (Wildman–Crippen MR) is 88.2 cm³/mol. The monoisotopic (exact) mass is 348 g/mol. The molecule has 0 bridgehead atoms. The van der Waals surface area contributed by atoms with Gasteiger partial charge in [-0.25, -0.2) is 8.42 Å². The second kappa shape index (κ2) is 6.08. The average Bonchev–Trinajstić information content (AvgIpc) is 3.05. The summed E-state index contributed by atoms with van der Waals surface area (Å²) in [5.41, 5.74) is 1.62. The quantitative estimate of drug-likeness (QED) is 0.750. The van der Waals surface area contributed by atoms with Gasteiger partial charge in [-0.15, -0.1) is 0 Å². The Hall–Kier alpha value is -2.68. The molecule has 3 aromatic rings. The Morgan fingerprint density at radius 2 is 2.12 bits per heavy atom. The molecule has 3 rings (SSSR count). The molecule has 0 aliphatic rings. The van der Waals surface area contributed by atoms with E-state index in [0.717, 1.165) is 22.8 Å². The van der Waals surface area contributed by atoms with E-state index in [4.69, 9.17) is 4.52 Å². The summed E-state index contributed by atoms with van der Waals surface area (Å²) in [4.78, 5) is 15.4. The lowest BCUT2D eigenvalue weighted by molar-refractivity contribution is -0.114. The molecule has 0 atom stereocenters. The van der Waals surface area contributed by atoms with Gasteiger partial charge in [0.1, 0.15) is 12.3 Å². The summed E-state index contributed by atoms with van der Waals surface area (Å²) in [6, 6.07) is 7.46. The predicted octanol–water partition coefficient (Wildman–Crippen LogP) is 1.58. The van der Waals surface area contributed by atoms with Gasteiger partial charge in [0, 0.05) is 24.8 Å². The van der Waals surface area contributed by atoms with Crippen molar-refractivity contribution in [1.29, 1.82) is 0 Å². The number of nitrogens with zero attached hydrogens (tertiary/aromatic N) is 3. The topological polar surface area (TPSA) is 107 Å². The van der Waals surface area contributed by atoms with Crippen molar-refractivity contribution in [1.82, 2.24) is 14.7 Å². The zero-order valence-electron chi connectivity index (χ0n) is 13.2. The maximum Gasteiger partial charge on any atom is 0.246 e. The number of benzene rings is 1. The number of aromatic nitrogens is 3. The fraction of sp³-hybridized carbons (Fsp3) is 0.267. The van der Waals surface area contributed by atoms with Crippen LogP contribution >= 0.6 is 0 Å². The molecule has 0 fully saturated rings. The molecule has 1 amide bonds. The van der Waals surface area contributed by atoms with E-state index in [9.17, 15) is 13.2 Å². The standard InChI is InChI=1S/C15H16N4O4S/c1-10(20)16-12-4-3-5-13-11(12)6-7-19(13)8-15-17-14(18-23-15)9-24(2,21)22/h3-7H,8-9H2,1-2H3,(H,16,20). The van der Waals surface area contributed by atoms with E-state index in [0.29, 0.717) is 12.4 Å². The highest BCUT2D eigenvalue weighted by Crippen LogP contribution is 2.25. The van der Waals surface area contributed by atoms with Crippen LogP contribution in [-0.2, 0) is 26.9 Å². The Morgan fingerprint density at radius 1 is 1.33 bits per heavy atom. The van der Waals surface area contributed by atoms with Gasteiger partial charge >= 0.3 is 0 Å². The second-order valence-corrected chi connectivity index (χ2v) is 7.68. The number of hydrogen-bond donors (Lipinski definition) is 1. The van der Waals surface area contributed by atoms with Gasteiger partial charge in [-0.05, 0) is 18.2 Å². The minimum atomic E-state index is -3.21. The van der Waals surface area contributed by atoms with Crippen LogP contribution < -0.4 is 5.32 Å². The van der Waals surface area contributed by atoms with Crippen molar-refractivity contribution in [3.63, 3.8) is 0 Å². The van der Waals surface area contributed by atoms with Gasteiger partial charge in [-0.3, -0.25) is 4.79 Å². The van der Waals surface area contributed by atoms with Crippen LogP contribution in [0.4, 0.5) is 5.69 Å². The summed E-state index contributed by atoms with van der Waals surface area (Å²) in [6.07, 6.45) is 2.96. The molecule has 24 heavy (non-hydrogen) atoms. The third kappa shape index (κ3) is 3.62. The minimum Gasteiger partial charge on any atom is -0.338 e. The summed E-state index contributed by atoms with van der Waals surface area (Å²) in [6.45, 7) is 1.77. The third-order valence-electron chi connectivity index (χ3n) is 3.33. The number of amides is 1. The highest BCUT2D eigenvalue weighted by Gasteiger charge is 2.14. The number of carbonyl (C=O) groups is 1. The molecule has 2 heterocycles. The number of carbonyl (C=O) groups excluding carboxylic acids is 1. The van der Waals surface area contributed by atoms with E-state index in [1.165, 1.54) is 6.92 Å². The van der Waals surface area contributed by atoms with Crippen molar-refractivity contribution in [2.24, 2.45) is 0 Å². The zero-order chi connectivity index (χ0) is 17.3. The third-order valence-corrected chi connectivity index (χ3v) is 4.11. The molecule has 0 saturated carbocycles. The molecule has 0 aliphatic carbocycles. The van der Waals surface area contributed by atoms with Crippen LogP contribution in [0.5, 0.6) is 0 Å². The number of nitrogens with one attached hydrogen (secondary N) is 1. The molecule has 0 saturated heterocycles. The summed E-state index contributed by atoms with van der Waals surface area (Å²) in [5, 5.41) is 7.36. The van der Waals surface area contributed by atoms with Crippen LogP contribution in [0.3, 0.4) is 0 Å². The first-order chi connectivity index (χ1) is 11.3. The minimum absolute atomic E-state index is 0.141. The molecule has 9 heteroatoms. The first kappa shape index (κ1) is 16.2. The number of anilines is 1. The Bertz CT molecular complexity index is 1000. The highest BCUT2D eigenvalue weighted by molar-refractivity contribution is 7.89. The van der Waals surface area contributed by atoms with Gasteiger partial charge in [0.15, 0.2) is 15.7 Å². The number of hydrogen-bond acceptors (Lipinski definition) is 6. The lowest BCUT2D eigenvalue weighted by Gasteiger charge is -2.05. The molecule has 2 aromatic heterocycles. The van der Waals surface area contributed by atoms with Gasteiger partial charge < -0.3 is 14.4 Å². The van der Waals surface area contributed by atoms with Crippen LogP contribution in [0.25, 0.3) is 10.9 Å². The van der Waals surface area contributed by atoms with Crippen molar-refractivity contribution < 1.29 is 17.7 Å². The van der Waals surface area contributed by atoms with E-state index in [1.54, 1.807) is 0 Å². The summed E-state index contributed by atoms with van der Waals surface area (Å²) in [5.74, 6) is 0.0619. The lowest BCUT2D eigenvalue weighted by atomic mass is 10.2. The summed E-state index contributed by atoms with van der Waals surface area (Å²) in [7, 11) is -3.21. The molecule has 8 nitrogen and oxygen atoms in total. The number of fused-ring (bicyclic) bond motifs is 1. The lowest BCUT2D eigenvalue weighted by Crippen LogP contribution is -2.06. The summed E-state index contributed by atoms with van der Waals surface area (Å²) >= 11 is 0. The van der Waals surface area contributed by atoms with E-state index in [2.05, 4.69) is 15.5 Å². The normalized spacial score (nSPS) is 11.8. The van der Waals surface area contributed by atoms with Crippen molar-refractivity contribution >= 4 is 32.3 Å². The van der Waals surface area contributed by atoms with Gasteiger partial charge in [0.25, 0.3) is 0 Å². The molecular formula is C15H16N4O4S.